The summed E-state index contributed by atoms with van der Waals surface area (Å²) in [6.45, 7) is 0. The van der Waals surface area contributed by atoms with Crippen LogP contribution in [0.25, 0.3) is 0 Å². The van der Waals surface area contributed by atoms with E-state index in [9.17, 15) is 18.9 Å². The number of pyridine rings is 1. The summed E-state index contributed by atoms with van der Waals surface area (Å²) in [5.74, 6) is 0. The second-order valence-electron chi connectivity index (χ2n) is 2.69. The first-order chi connectivity index (χ1) is 7.52. The maximum absolute atomic E-state index is 12.7. The highest BCUT2D eigenvalue weighted by Crippen LogP contribution is 2.33. The van der Waals surface area contributed by atoms with E-state index in [2.05, 4.69) is 20.9 Å². The molecule has 1 heterocycles. The van der Waals surface area contributed by atoms with Gasteiger partial charge in [-0.15, -0.1) is 0 Å². The van der Waals surface area contributed by atoms with Gasteiger partial charge in [0.1, 0.15) is 23.5 Å². The lowest BCUT2D eigenvalue weighted by Crippen LogP contribution is -2.04. The molecule has 0 aromatic carbocycles. The average molecular weight is 292 g/mol. The number of nitriles is 1. The summed E-state index contributed by atoms with van der Waals surface area (Å²) in [6.07, 6.45) is -2.35. The second-order valence-corrected chi connectivity index (χ2v) is 3.25. The molecule has 0 radical (unpaired) electrons. The van der Waals surface area contributed by atoms with Crippen molar-refractivity contribution in [2.45, 2.75) is 11.8 Å². The van der Waals surface area contributed by atoms with Crippen molar-refractivity contribution < 1.29 is 13.7 Å². The summed E-state index contributed by atoms with van der Waals surface area (Å²) in [5.41, 5.74) is -1.92. The highest BCUT2D eigenvalue weighted by molar-refractivity contribution is 9.08. The lowest BCUT2D eigenvalue weighted by Gasteiger charge is -2.07. The van der Waals surface area contributed by atoms with E-state index in [0.29, 0.717) is 6.20 Å². The van der Waals surface area contributed by atoms with Crippen molar-refractivity contribution >= 4 is 21.6 Å². The molecule has 1 aromatic heterocycles. The Labute approximate surface area is 97.0 Å². The monoisotopic (exact) mass is 291 g/mol. The molecule has 16 heavy (non-hydrogen) atoms. The summed E-state index contributed by atoms with van der Waals surface area (Å²) < 4.78 is 25.4. The van der Waals surface area contributed by atoms with E-state index in [1.54, 1.807) is 6.07 Å². The maximum atomic E-state index is 12.7. The van der Waals surface area contributed by atoms with Crippen LogP contribution in [0, 0.1) is 21.4 Å². The second kappa shape index (κ2) is 4.94. The molecule has 0 amide bonds. The standard InChI is InChI=1S/C8H4BrF2N3O2/c9-1-4-5(2-12)13-3-6(14(15)16)7(4)8(10)11/h3,8H,1H2. The minimum atomic E-state index is -3.02. The molecule has 0 N–H and O–H groups in total. The van der Waals surface area contributed by atoms with Gasteiger partial charge < -0.3 is 0 Å². The Kier molecular flexibility index (Phi) is 3.84. The number of halogens is 3. The van der Waals surface area contributed by atoms with E-state index in [4.69, 9.17) is 5.26 Å². The van der Waals surface area contributed by atoms with Gasteiger partial charge in [-0.2, -0.15) is 5.26 Å². The topological polar surface area (TPSA) is 79.8 Å². The number of aromatic nitrogens is 1. The molecule has 84 valence electrons. The first-order valence-corrected chi connectivity index (χ1v) is 5.05. The minimum absolute atomic E-state index is 0.0930. The molecule has 1 aromatic rings. The third-order valence-corrected chi connectivity index (χ3v) is 2.42. The smallest absolute Gasteiger partial charge is 0.258 e. The zero-order valence-electron chi connectivity index (χ0n) is 7.65. The highest BCUT2D eigenvalue weighted by Gasteiger charge is 2.28. The van der Waals surface area contributed by atoms with Crippen molar-refractivity contribution in [2.75, 3.05) is 0 Å². The van der Waals surface area contributed by atoms with Crippen LogP contribution in [0.15, 0.2) is 6.20 Å². The van der Waals surface area contributed by atoms with Crippen molar-refractivity contribution in [1.29, 1.82) is 5.26 Å². The number of nitro groups is 1. The van der Waals surface area contributed by atoms with Crippen molar-refractivity contribution in [3.05, 3.63) is 33.1 Å². The van der Waals surface area contributed by atoms with Gasteiger partial charge in [0.15, 0.2) is 0 Å². The fourth-order valence-corrected chi connectivity index (χ4v) is 1.74. The van der Waals surface area contributed by atoms with E-state index in [1.165, 1.54) is 0 Å². The van der Waals surface area contributed by atoms with Gasteiger partial charge >= 0.3 is 0 Å². The largest absolute Gasteiger partial charge is 0.296 e. The van der Waals surface area contributed by atoms with Crippen LogP contribution < -0.4 is 0 Å². The van der Waals surface area contributed by atoms with Crippen LogP contribution in [-0.4, -0.2) is 9.91 Å². The summed E-state index contributed by atoms with van der Waals surface area (Å²) in [6, 6.07) is 1.61. The van der Waals surface area contributed by atoms with Gasteiger partial charge in [-0.25, -0.2) is 13.8 Å². The Morgan fingerprint density at radius 3 is 2.69 bits per heavy atom. The third kappa shape index (κ3) is 2.14. The Hall–Kier alpha value is -1.62. The van der Waals surface area contributed by atoms with Gasteiger partial charge in [-0.1, -0.05) is 15.9 Å². The first kappa shape index (κ1) is 12.4. The van der Waals surface area contributed by atoms with E-state index >= 15 is 0 Å². The van der Waals surface area contributed by atoms with Gasteiger partial charge in [0.2, 0.25) is 0 Å². The van der Waals surface area contributed by atoms with Gasteiger partial charge in [0.25, 0.3) is 12.1 Å². The average Bonchev–Trinajstić information content (AvgIpc) is 2.26. The molecule has 5 nitrogen and oxygen atoms in total. The van der Waals surface area contributed by atoms with Crippen LogP contribution in [0.1, 0.15) is 23.2 Å². The van der Waals surface area contributed by atoms with Gasteiger partial charge in [-0.05, 0) is 0 Å². The quantitative estimate of drug-likeness (QED) is 0.487. The zero-order valence-corrected chi connectivity index (χ0v) is 9.24. The van der Waals surface area contributed by atoms with Crippen molar-refractivity contribution in [3.8, 4) is 6.07 Å². The van der Waals surface area contributed by atoms with E-state index in [1.807, 2.05) is 0 Å². The first-order valence-electron chi connectivity index (χ1n) is 3.93. The summed E-state index contributed by atoms with van der Waals surface area (Å²) >= 11 is 2.90. The van der Waals surface area contributed by atoms with E-state index in [0.717, 1.165) is 0 Å². The Morgan fingerprint density at radius 1 is 1.69 bits per heavy atom. The van der Waals surface area contributed by atoms with Crippen molar-refractivity contribution in [1.82, 2.24) is 4.98 Å². The van der Waals surface area contributed by atoms with Crippen LogP contribution in [-0.2, 0) is 5.33 Å². The highest BCUT2D eigenvalue weighted by atomic mass is 79.9. The molecule has 0 saturated carbocycles. The number of rotatable bonds is 3. The molecule has 0 spiro atoms. The molecule has 0 aliphatic rings. The molecule has 1 rings (SSSR count). The minimum Gasteiger partial charge on any atom is -0.258 e. The maximum Gasteiger partial charge on any atom is 0.296 e. The lowest BCUT2D eigenvalue weighted by atomic mass is 10.1. The van der Waals surface area contributed by atoms with Crippen LogP contribution in [0.2, 0.25) is 0 Å². The van der Waals surface area contributed by atoms with Gasteiger partial charge in [-0.3, -0.25) is 10.1 Å². The zero-order chi connectivity index (χ0) is 12.3. The molecule has 8 heteroatoms. The Morgan fingerprint density at radius 2 is 2.31 bits per heavy atom. The molecule has 0 unspecified atom stereocenters. The summed E-state index contributed by atoms with van der Waals surface area (Å²) in [5, 5.41) is 19.1. The number of hydrogen-bond donors (Lipinski definition) is 0. The van der Waals surface area contributed by atoms with Crippen molar-refractivity contribution in [2.24, 2.45) is 0 Å². The van der Waals surface area contributed by atoms with Gasteiger partial charge in [0, 0.05) is 10.9 Å². The molecule has 0 fully saturated rings. The number of hydrogen-bond acceptors (Lipinski definition) is 4. The number of alkyl halides is 3. The fourth-order valence-electron chi connectivity index (χ4n) is 1.18. The summed E-state index contributed by atoms with van der Waals surface area (Å²) in [4.78, 5) is 13.1. The molecule has 0 atom stereocenters. The predicted octanol–water partition coefficient (Wildman–Crippen LogP) is 2.69. The van der Waals surface area contributed by atoms with Crippen LogP contribution in [0.5, 0.6) is 0 Å². The Balaban J connectivity index is 3.58. The predicted molar refractivity (Wildman–Crippen MR) is 53.2 cm³/mol. The fraction of sp³-hybridized carbons (Fsp3) is 0.250. The van der Waals surface area contributed by atoms with E-state index < -0.39 is 22.6 Å². The van der Waals surface area contributed by atoms with Crippen molar-refractivity contribution in [3.63, 3.8) is 0 Å². The van der Waals surface area contributed by atoms with Gasteiger partial charge in [0.05, 0.1) is 4.92 Å². The Bertz CT molecular complexity index is 473. The third-order valence-electron chi connectivity index (χ3n) is 1.86. The van der Waals surface area contributed by atoms with Crippen LogP contribution in [0.3, 0.4) is 0 Å². The molecule has 0 bridgehead atoms. The molecule has 0 aliphatic heterocycles. The molecule has 0 aliphatic carbocycles. The van der Waals surface area contributed by atoms with Crippen LogP contribution in [0.4, 0.5) is 14.5 Å². The SMILES string of the molecule is N#Cc1ncc([N+](=O)[O-])c(C(F)F)c1CBr. The lowest BCUT2D eigenvalue weighted by molar-refractivity contribution is -0.386. The molecular weight excluding hydrogens is 288 g/mol. The number of nitrogens with zero attached hydrogens (tertiary/aromatic N) is 3. The van der Waals surface area contributed by atoms with Crippen LogP contribution >= 0.6 is 15.9 Å². The molecular formula is C8H4BrF2N3O2. The summed E-state index contributed by atoms with van der Waals surface area (Å²) in [7, 11) is 0. The van der Waals surface area contributed by atoms with E-state index in [-0.39, 0.29) is 16.6 Å². The molecule has 0 saturated heterocycles. The normalized spacial score (nSPS) is 10.2.